The van der Waals surface area contributed by atoms with E-state index < -0.39 is 35.9 Å². The molecule has 1 heterocycles. The third-order valence-electron chi connectivity index (χ3n) is 3.65. The smallest absolute Gasteiger partial charge is 0.422 e. The fraction of sp³-hybridized carbons (Fsp3) is 0.818. The van der Waals surface area contributed by atoms with Gasteiger partial charge in [-0.15, -0.1) is 0 Å². The normalized spacial score (nSPS) is 29.2. The maximum atomic E-state index is 13.2. The molecule has 1 N–H and O–H groups in total. The average molecular weight is 265 g/mol. The Hall–Kier alpha value is -1.27. The lowest BCUT2D eigenvalue weighted by molar-refractivity contribution is -0.244. The zero-order valence-corrected chi connectivity index (χ0v) is 9.66. The van der Waals surface area contributed by atoms with Crippen LogP contribution in [0.15, 0.2) is 0 Å². The Morgan fingerprint density at radius 2 is 1.83 bits per heavy atom. The van der Waals surface area contributed by atoms with Crippen LogP contribution in [-0.2, 0) is 9.59 Å². The van der Waals surface area contributed by atoms with Crippen LogP contribution in [0.2, 0.25) is 0 Å². The number of aliphatic carboxylic acids is 1. The standard InChI is InChI=1S/C11H14F3NO3/c12-11(13,14)10(9(17)18)5-1-2-6-15(10)8(16)7-3-4-7/h7H,1-6H2,(H,17,18). The fourth-order valence-corrected chi connectivity index (χ4v) is 2.46. The lowest BCUT2D eigenvalue weighted by Crippen LogP contribution is -2.67. The quantitative estimate of drug-likeness (QED) is 0.828. The lowest BCUT2D eigenvalue weighted by atomic mass is 9.85. The van der Waals surface area contributed by atoms with Gasteiger partial charge < -0.3 is 10.0 Å². The molecule has 1 aliphatic carbocycles. The topological polar surface area (TPSA) is 57.6 Å². The van der Waals surface area contributed by atoms with E-state index in [4.69, 9.17) is 5.11 Å². The summed E-state index contributed by atoms with van der Waals surface area (Å²) in [6.07, 6.45) is -3.79. The summed E-state index contributed by atoms with van der Waals surface area (Å²) in [6.45, 7) is -0.124. The predicted octanol–water partition coefficient (Wildman–Crippen LogP) is 1.79. The van der Waals surface area contributed by atoms with Crippen LogP contribution in [0.25, 0.3) is 0 Å². The third kappa shape index (κ3) is 1.85. The van der Waals surface area contributed by atoms with Gasteiger partial charge in [-0.3, -0.25) is 4.79 Å². The van der Waals surface area contributed by atoms with Crippen molar-refractivity contribution in [2.45, 2.75) is 43.8 Å². The van der Waals surface area contributed by atoms with Crippen LogP contribution in [0.4, 0.5) is 13.2 Å². The predicted molar refractivity (Wildman–Crippen MR) is 54.7 cm³/mol. The summed E-state index contributed by atoms with van der Waals surface area (Å²) < 4.78 is 39.5. The number of carboxylic acid groups (broad SMARTS) is 1. The first-order chi connectivity index (χ1) is 8.30. The number of hydrogen-bond acceptors (Lipinski definition) is 2. The molecule has 0 aromatic carbocycles. The molecule has 2 rings (SSSR count). The molecule has 1 saturated heterocycles. The molecule has 2 aliphatic rings. The van der Waals surface area contributed by atoms with Crippen molar-refractivity contribution in [2.75, 3.05) is 6.54 Å². The number of amides is 1. The van der Waals surface area contributed by atoms with Gasteiger partial charge in [0.05, 0.1) is 0 Å². The molecule has 1 amide bonds. The van der Waals surface area contributed by atoms with Crippen molar-refractivity contribution in [1.29, 1.82) is 0 Å². The molecule has 1 aliphatic heterocycles. The summed E-state index contributed by atoms with van der Waals surface area (Å²) in [5.74, 6) is -3.04. The van der Waals surface area contributed by atoms with Gasteiger partial charge in [-0.2, -0.15) is 13.2 Å². The number of carbonyl (C=O) groups excluding carboxylic acids is 1. The number of carboxylic acids is 1. The summed E-state index contributed by atoms with van der Waals surface area (Å²) >= 11 is 0. The summed E-state index contributed by atoms with van der Waals surface area (Å²) in [4.78, 5) is 23.6. The van der Waals surface area contributed by atoms with Gasteiger partial charge in [0.1, 0.15) is 0 Å². The van der Waals surface area contributed by atoms with Gasteiger partial charge in [-0.1, -0.05) is 0 Å². The van der Waals surface area contributed by atoms with Crippen LogP contribution >= 0.6 is 0 Å². The van der Waals surface area contributed by atoms with Crippen LogP contribution < -0.4 is 0 Å². The van der Waals surface area contributed by atoms with E-state index in [0.717, 1.165) is 0 Å². The molecule has 1 atom stereocenters. The Kier molecular flexibility index (Phi) is 3.03. The Morgan fingerprint density at radius 1 is 1.22 bits per heavy atom. The molecule has 0 aromatic heterocycles. The molecule has 0 spiro atoms. The minimum Gasteiger partial charge on any atom is -0.479 e. The Bertz CT molecular complexity index is 378. The first kappa shape index (κ1) is 13.2. The first-order valence-electron chi connectivity index (χ1n) is 5.92. The average Bonchev–Trinajstić information content (AvgIpc) is 3.09. The van der Waals surface area contributed by atoms with Gasteiger partial charge in [0, 0.05) is 12.5 Å². The van der Waals surface area contributed by atoms with E-state index >= 15 is 0 Å². The van der Waals surface area contributed by atoms with Crippen molar-refractivity contribution < 1.29 is 27.9 Å². The fourth-order valence-electron chi connectivity index (χ4n) is 2.46. The van der Waals surface area contributed by atoms with Gasteiger partial charge >= 0.3 is 12.1 Å². The molecule has 1 unspecified atom stereocenters. The number of rotatable bonds is 2. The van der Waals surface area contributed by atoms with Crippen LogP contribution in [0.5, 0.6) is 0 Å². The van der Waals surface area contributed by atoms with Gasteiger partial charge in [-0.25, -0.2) is 4.79 Å². The monoisotopic (exact) mass is 265 g/mol. The summed E-state index contributed by atoms with van der Waals surface area (Å²) in [6, 6.07) is 0. The number of alkyl halides is 3. The molecule has 0 aromatic rings. The zero-order valence-electron chi connectivity index (χ0n) is 9.66. The van der Waals surface area contributed by atoms with Crippen LogP contribution in [-0.4, -0.2) is 40.1 Å². The molecule has 4 nitrogen and oxygen atoms in total. The molecule has 102 valence electrons. The molecule has 1 saturated carbocycles. The largest absolute Gasteiger partial charge is 0.479 e. The number of halogens is 3. The van der Waals surface area contributed by atoms with Crippen molar-refractivity contribution in [3.8, 4) is 0 Å². The minimum atomic E-state index is -4.94. The van der Waals surface area contributed by atoms with Crippen LogP contribution in [0.3, 0.4) is 0 Å². The van der Waals surface area contributed by atoms with E-state index in [1.165, 1.54) is 0 Å². The molecule has 18 heavy (non-hydrogen) atoms. The Morgan fingerprint density at radius 3 is 2.28 bits per heavy atom. The Labute approximate surface area is 102 Å². The second-order valence-corrected chi connectivity index (χ2v) is 4.88. The molecule has 2 fully saturated rings. The maximum absolute atomic E-state index is 13.2. The third-order valence-corrected chi connectivity index (χ3v) is 3.65. The van der Waals surface area contributed by atoms with Crippen molar-refractivity contribution in [2.24, 2.45) is 5.92 Å². The number of hydrogen-bond donors (Lipinski definition) is 1. The highest BCUT2D eigenvalue weighted by Gasteiger charge is 2.66. The lowest BCUT2D eigenvalue weighted by Gasteiger charge is -2.44. The van der Waals surface area contributed by atoms with Gasteiger partial charge in [0.25, 0.3) is 0 Å². The van der Waals surface area contributed by atoms with Crippen molar-refractivity contribution in [3.63, 3.8) is 0 Å². The van der Waals surface area contributed by atoms with Crippen LogP contribution in [0.1, 0.15) is 32.1 Å². The van der Waals surface area contributed by atoms with Crippen molar-refractivity contribution in [1.82, 2.24) is 4.90 Å². The summed E-state index contributed by atoms with van der Waals surface area (Å²) in [7, 11) is 0. The molecule has 7 heteroatoms. The van der Waals surface area contributed by atoms with Gasteiger partial charge in [0.2, 0.25) is 11.4 Å². The second-order valence-electron chi connectivity index (χ2n) is 4.88. The van der Waals surface area contributed by atoms with E-state index in [1.54, 1.807) is 0 Å². The number of piperidine rings is 1. The van der Waals surface area contributed by atoms with Crippen LogP contribution in [0, 0.1) is 5.92 Å². The zero-order chi connectivity index (χ0) is 13.6. The summed E-state index contributed by atoms with van der Waals surface area (Å²) in [5, 5.41) is 9.03. The molecule has 0 bridgehead atoms. The van der Waals surface area contributed by atoms with Gasteiger partial charge in [-0.05, 0) is 32.1 Å². The van der Waals surface area contributed by atoms with E-state index in [9.17, 15) is 22.8 Å². The number of carbonyl (C=O) groups is 2. The van der Waals surface area contributed by atoms with E-state index in [-0.39, 0.29) is 13.0 Å². The van der Waals surface area contributed by atoms with E-state index in [0.29, 0.717) is 24.2 Å². The van der Waals surface area contributed by atoms with Crippen molar-refractivity contribution >= 4 is 11.9 Å². The SMILES string of the molecule is O=C(C1CC1)N1CCCCC1(C(=O)O)C(F)(F)F. The van der Waals surface area contributed by atoms with E-state index in [2.05, 4.69) is 0 Å². The number of likely N-dealkylation sites (tertiary alicyclic amines) is 1. The second kappa shape index (κ2) is 4.13. The highest BCUT2D eigenvalue weighted by Crippen LogP contribution is 2.45. The highest BCUT2D eigenvalue weighted by atomic mass is 19.4. The molecular weight excluding hydrogens is 251 g/mol. The Balaban J connectivity index is 2.39. The molecular formula is C11H14F3NO3. The van der Waals surface area contributed by atoms with Gasteiger partial charge in [0.15, 0.2) is 0 Å². The summed E-state index contributed by atoms with van der Waals surface area (Å²) in [5.41, 5.74) is -3.02. The molecule has 0 radical (unpaired) electrons. The number of nitrogens with zero attached hydrogens (tertiary/aromatic N) is 1. The minimum absolute atomic E-state index is 0.124. The highest BCUT2D eigenvalue weighted by molar-refractivity contribution is 5.90. The first-order valence-corrected chi connectivity index (χ1v) is 5.92. The van der Waals surface area contributed by atoms with Crippen molar-refractivity contribution in [3.05, 3.63) is 0 Å². The maximum Gasteiger partial charge on any atom is 0.422 e. The van der Waals surface area contributed by atoms with E-state index in [1.807, 2.05) is 0 Å².